The summed E-state index contributed by atoms with van der Waals surface area (Å²) in [4.78, 5) is 62.0. The van der Waals surface area contributed by atoms with Crippen LogP contribution in [0.3, 0.4) is 0 Å². The fourth-order valence-electron chi connectivity index (χ4n) is 4.30. The van der Waals surface area contributed by atoms with Gasteiger partial charge in [-0.3, -0.25) is 34.2 Å². The molecule has 4 N–H and O–H groups in total. The number of amides is 5. The molecule has 3 rings (SSSR count). The van der Waals surface area contributed by atoms with Gasteiger partial charge < -0.3 is 15.8 Å². The highest BCUT2D eigenvalue weighted by molar-refractivity contribution is 6.23. The average molecular weight is 487 g/mol. The summed E-state index contributed by atoms with van der Waals surface area (Å²) in [5.74, 6) is -2.27. The topological polar surface area (TPSA) is 148 Å². The normalized spacial score (nSPS) is 17.4. The van der Waals surface area contributed by atoms with Crippen LogP contribution in [0.2, 0.25) is 0 Å². The van der Waals surface area contributed by atoms with E-state index in [0.717, 1.165) is 37.1 Å². The number of carbonyl (C=O) groups is 5. The number of piperidine rings is 1. The molecule has 1 saturated heterocycles. The molecule has 2 aliphatic rings. The van der Waals surface area contributed by atoms with Crippen molar-refractivity contribution in [3.63, 3.8) is 0 Å². The first kappa shape index (κ1) is 26.3. The lowest BCUT2D eigenvalue weighted by atomic mass is 10.0. The van der Waals surface area contributed by atoms with E-state index in [-0.39, 0.29) is 42.2 Å². The van der Waals surface area contributed by atoms with Crippen molar-refractivity contribution >= 4 is 29.5 Å². The summed E-state index contributed by atoms with van der Waals surface area (Å²) in [5.41, 5.74) is 5.76. The molecule has 1 fully saturated rings. The number of nitrogens with two attached hydrogens (primary N) is 1. The largest absolute Gasteiger partial charge is 0.484 e. The van der Waals surface area contributed by atoms with Crippen LogP contribution in [0.4, 0.5) is 0 Å². The molecule has 5 amide bonds. The maximum Gasteiger partial charge on any atom is 0.262 e. The molecule has 0 aliphatic carbocycles. The molecule has 1 unspecified atom stereocenters. The summed E-state index contributed by atoms with van der Waals surface area (Å²) in [6.45, 7) is 1.13. The van der Waals surface area contributed by atoms with Crippen molar-refractivity contribution in [1.82, 2.24) is 15.5 Å². The molecule has 0 radical (unpaired) electrons. The van der Waals surface area contributed by atoms with E-state index in [1.165, 1.54) is 43.9 Å². The molecule has 1 aromatic carbocycles. The lowest BCUT2D eigenvalue weighted by molar-refractivity contribution is -0.136. The van der Waals surface area contributed by atoms with Crippen LogP contribution in [-0.2, 0) is 14.4 Å². The third-order valence-electron chi connectivity index (χ3n) is 6.23. The molecule has 35 heavy (non-hydrogen) atoms. The highest BCUT2D eigenvalue weighted by atomic mass is 16.5. The quantitative estimate of drug-likeness (QED) is 0.267. The molecular formula is C25H34N4O6. The van der Waals surface area contributed by atoms with Gasteiger partial charge in [-0.1, -0.05) is 38.5 Å². The number of nitrogens with zero attached hydrogens (tertiary/aromatic N) is 1. The zero-order valence-corrected chi connectivity index (χ0v) is 20.0. The van der Waals surface area contributed by atoms with Crippen LogP contribution < -0.4 is 21.1 Å². The van der Waals surface area contributed by atoms with E-state index in [4.69, 9.17) is 10.5 Å². The number of benzene rings is 1. The van der Waals surface area contributed by atoms with Crippen LogP contribution in [0, 0.1) is 0 Å². The summed E-state index contributed by atoms with van der Waals surface area (Å²) < 4.78 is 5.51. The maximum atomic E-state index is 12.8. The lowest BCUT2D eigenvalue weighted by Gasteiger charge is -2.27. The van der Waals surface area contributed by atoms with E-state index in [1.54, 1.807) is 0 Å². The number of hydrogen-bond acceptors (Lipinski definition) is 7. The smallest absolute Gasteiger partial charge is 0.262 e. The minimum atomic E-state index is -1.02. The van der Waals surface area contributed by atoms with Crippen LogP contribution in [0.25, 0.3) is 0 Å². The first-order valence-electron chi connectivity index (χ1n) is 12.4. The fraction of sp³-hybridized carbons (Fsp3) is 0.560. The monoisotopic (exact) mass is 486 g/mol. The Labute approximate surface area is 204 Å². The van der Waals surface area contributed by atoms with Gasteiger partial charge in [0.15, 0.2) is 6.61 Å². The molecule has 190 valence electrons. The minimum absolute atomic E-state index is 0.0581. The summed E-state index contributed by atoms with van der Waals surface area (Å²) in [7, 11) is 0. The van der Waals surface area contributed by atoms with Crippen molar-refractivity contribution in [3.05, 3.63) is 29.3 Å². The van der Waals surface area contributed by atoms with Gasteiger partial charge in [0, 0.05) is 13.0 Å². The van der Waals surface area contributed by atoms with Crippen molar-refractivity contribution in [2.75, 3.05) is 19.7 Å². The van der Waals surface area contributed by atoms with E-state index in [9.17, 15) is 24.0 Å². The van der Waals surface area contributed by atoms with Gasteiger partial charge in [-0.25, -0.2) is 0 Å². The van der Waals surface area contributed by atoms with Crippen molar-refractivity contribution in [2.24, 2.45) is 5.73 Å². The van der Waals surface area contributed by atoms with Crippen molar-refractivity contribution in [2.45, 2.75) is 70.3 Å². The van der Waals surface area contributed by atoms with Gasteiger partial charge in [-0.2, -0.15) is 0 Å². The van der Waals surface area contributed by atoms with Gasteiger partial charge in [0.05, 0.1) is 11.1 Å². The predicted molar refractivity (Wildman–Crippen MR) is 128 cm³/mol. The Kier molecular flexibility index (Phi) is 9.77. The number of unbranched alkanes of at least 4 members (excludes halogenated alkanes) is 7. The number of carbonyl (C=O) groups excluding carboxylic acids is 5. The number of fused-ring (bicyclic) bond motifs is 1. The van der Waals surface area contributed by atoms with E-state index in [2.05, 4.69) is 10.6 Å². The molecule has 0 spiro atoms. The fourth-order valence-corrected chi connectivity index (χ4v) is 4.30. The molecule has 1 aromatic rings. The first-order chi connectivity index (χ1) is 16.9. The van der Waals surface area contributed by atoms with E-state index < -0.39 is 29.7 Å². The summed E-state index contributed by atoms with van der Waals surface area (Å²) in [6.07, 6.45) is 9.19. The zero-order chi connectivity index (χ0) is 25.2. The second-order valence-corrected chi connectivity index (χ2v) is 8.91. The summed E-state index contributed by atoms with van der Waals surface area (Å²) >= 11 is 0. The average Bonchev–Trinajstić information content (AvgIpc) is 3.08. The van der Waals surface area contributed by atoms with Crippen LogP contribution >= 0.6 is 0 Å². The Morgan fingerprint density at radius 3 is 2.31 bits per heavy atom. The van der Waals surface area contributed by atoms with E-state index in [0.29, 0.717) is 6.54 Å². The van der Waals surface area contributed by atoms with Crippen molar-refractivity contribution < 1.29 is 28.7 Å². The Hall–Kier alpha value is -3.27. The van der Waals surface area contributed by atoms with Gasteiger partial charge >= 0.3 is 0 Å². The molecule has 2 heterocycles. The predicted octanol–water partition coefficient (Wildman–Crippen LogP) is 1.66. The van der Waals surface area contributed by atoms with Gasteiger partial charge in [-0.15, -0.1) is 0 Å². The van der Waals surface area contributed by atoms with Crippen molar-refractivity contribution in [3.8, 4) is 5.75 Å². The van der Waals surface area contributed by atoms with E-state index >= 15 is 0 Å². The van der Waals surface area contributed by atoms with Crippen LogP contribution in [0.1, 0.15) is 84.9 Å². The highest BCUT2D eigenvalue weighted by Crippen LogP contribution is 2.30. The second-order valence-electron chi connectivity index (χ2n) is 8.91. The Balaban J connectivity index is 1.39. The Morgan fingerprint density at radius 1 is 0.971 bits per heavy atom. The lowest BCUT2D eigenvalue weighted by Crippen LogP contribution is -2.54. The number of nitrogens with one attached hydrogen (secondary N) is 2. The third kappa shape index (κ3) is 7.11. The SMILES string of the molecule is NCCCCCCCCCCNC(=O)COc1ccc2c(c1)C(=O)N(C1CCC(=O)NC1=O)C2=O. The maximum absolute atomic E-state index is 12.8. The first-order valence-corrected chi connectivity index (χ1v) is 12.4. The summed E-state index contributed by atoms with van der Waals surface area (Å²) in [6, 6.07) is 3.35. The molecule has 10 nitrogen and oxygen atoms in total. The molecule has 0 saturated carbocycles. The molecular weight excluding hydrogens is 452 g/mol. The molecule has 1 atom stereocenters. The number of ether oxygens (including phenoxy) is 1. The number of rotatable bonds is 14. The molecule has 0 bridgehead atoms. The Bertz CT molecular complexity index is 963. The van der Waals surface area contributed by atoms with Gasteiger partial charge in [0.25, 0.3) is 17.7 Å². The molecule has 0 aromatic heterocycles. The summed E-state index contributed by atoms with van der Waals surface area (Å²) in [5, 5.41) is 4.98. The minimum Gasteiger partial charge on any atom is -0.484 e. The zero-order valence-electron chi connectivity index (χ0n) is 20.0. The number of imide groups is 2. The van der Waals surface area contributed by atoms with E-state index in [1.807, 2.05) is 0 Å². The third-order valence-corrected chi connectivity index (χ3v) is 6.23. The van der Waals surface area contributed by atoms with Gasteiger partial charge in [0.1, 0.15) is 11.8 Å². The second kappa shape index (κ2) is 13.0. The van der Waals surface area contributed by atoms with Gasteiger partial charge in [0.2, 0.25) is 11.8 Å². The van der Waals surface area contributed by atoms with Crippen LogP contribution in [-0.4, -0.2) is 60.2 Å². The number of hydrogen-bond donors (Lipinski definition) is 3. The van der Waals surface area contributed by atoms with Crippen LogP contribution in [0.15, 0.2) is 18.2 Å². The molecule has 10 heteroatoms. The highest BCUT2D eigenvalue weighted by Gasteiger charge is 2.44. The Morgan fingerprint density at radius 2 is 1.63 bits per heavy atom. The van der Waals surface area contributed by atoms with Gasteiger partial charge in [-0.05, 0) is 44.0 Å². The molecule has 2 aliphatic heterocycles. The van der Waals surface area contributed by atoms with Crippen molar-refractivity contribution in [1.29, 1.82) is 0 Å². The standard InChI is InChI=1S/C25H34N4O6/c26-13-7-5-3-1-2-4-6-8-14-27-22(31)16-35-17-9-10-18-19(15-17)25(34)29(24(18)33)20-11-12-21(30)28-23(20)32/h9-10,15,20H,1-8,11-14,16,26H2,(H,27,31)(H,28,30,32). The van der Waals surface area contributed by atoms with Crippen LogP contribution in [0.5, 0.6) is 5.75 Å².